The van der Waals surface area contributed by atoms with Crippen LogP contribution in [0.15, 0.2) is 49.4 Å². The normalized spacial score (nSPS) is 14.1. The number of rotatable bonds is 4. The van der Waals surface area contributed by atoms with E-state index in [-0.39, 0.29) is 17.5 Å². The van der Waals surface area contributed by atoms with Gasteiger partial charge in [-0.25, -0.2) is 14.4 Å². The number of nitrogens with one attached hydrogen (secondary N) is 1. The van der Waals surface area contributed by atoms with E-state index in [0.29, 0.717) is 29.4 Å². The zero-order valence-corrected chi connectivity index (χ0v) is 14.9. The molecule has 6 nitrogen and oxygen atoms in total. The number of anilines is 2. The van der Waals surface area contributed by atoms with E-state index in [1.54, 1.807) is 11.1 Å². The Morgan fingerprint density at radius 3 is 2.89 bits per heavy atom. The number of carbonyl (C=O) groups is 1. The Hall–Kier alpha value is -3.06. The minimum Gasteiger partial charge on any atom is -0.338 e. The van der Waals surface area contributed by atoms with Crippen molar-refractivity contribution in [3.8, 4) is 0 Å². The molecule has 1 aliphatic rings. The summed E-state index contributed by atoms with van der Waals surface area (Å²) < 4.78 is 14.1. The lowest BCUT2D eigenvalue weighted by Crippen LogP contribution is -2.48. The van der Waals surface area contributed by atoms with E-state index in [4.69, 9.17) is 11.6 Å². The molecule has 3 aromatic rings. The van der Waals surface area contributed by atoms with Crippen molar-refractivity contribution in [1.29, 1.82) is 0 Å². The maximum absolute atomic E-state index is 14.1. The Bertz CT molecular complexity index is 1050. The molecule has 27 heavy (non-hydrogen) atoms. The van der Waals surface area contributed by atoms with Gasteiger partial charge in [0.1, 0.15) is 18.0 Å². The molecule has 1 amide bonds. The number of nitrogens with zero attached hydrogens (tertiary/aromatic N) is 4. The topological polar surface area (TPSA) is 71.0 Å². The van der Waals surface area contributed by atoms with Gasteiger partial charge < -0.3 is 10.2 Å². The van der Waals surface area contributed by atoms with Crippen LogP contribution in [0.25, 0.3) is 10.9 Å². The highest BCUT2D eigenvalue weighted by Gasteiger charge is 2.31. The summed E-state index contributed by atoms with van der Waals surface area (Å²) in [6.07, 6.45) is 4.35. The molecule has 0 radical (unpaired) electrons. The fraction of sp³-hybridized carbons (Fsp3) is 0.158. The Balaban J connectivity index is 1.65. The average molecular weight is 384 g/mol. The van der Waals surface area contributed by atoms with E-state index in [9.17, 15) is 9.18 Å². The average Bonchev–Trinajstić information content (AvgIpc) is 2.63. The van der Waals surface area contributed by atoms with Crippen molar-refractivity contribution in [1.82, 2.24) is 19.9 Å². The van der Waals surface area contributed by atoms with Crippen molar-refractivity contribution in [2.45, 2.75) is 5.92 Å². The van der Waals surface area contributed by atoms with Gasteiger partial charge in [-0.3, -0.25) is 9.78 Å². The summed E-state index contributed by atoms with van der Waals surface area (Å²) >= 11 is 5.96. The number of amides is 1. The quantitative estimate of drug-likeness (QED) is 0.696. The molecule has 4 rings (SSSR count). The van der Waals surface area contributed by atoms with Crippen molar-refractivity contribution in [2.75, 3.05) is 18.4 Å². The third-order valence-electron chi connectivity index (χ3n) is 4.51. The first-order valence-corrected chi connectivity index (χ1v) is 8.67. The molecule has 1 aromatic carbocycles. The summed E-state index contributed by atoms with van der Waals surface area (Å²) in [4.78, 5) is 26.2. The molecule has 2 aromatic heterocycles. The van der Waals surface area contributed by atoms with E-state index in [1.807, 2.05) is 6.07 Å². The molecule has 0 saturated carbocycles. The fourth-order valence-corrected chi connectivity index (χ4v) is 3.17. The molecule has 1 aliphatic heterocycles. The maximum atomic E-state index is 14.1. The first-order valence-electron chi connectivity index (χ1n) is 8.29. The van der Waals surface area contributed by atoms with Gasteiger partial charge in [-0.05, 0) is 30.3 Å². The monoisotopic (exact) mass is 383 g/mol. The van der Waals surface area contributed by atoms with Crippen LogP contribution in [-0.2, 0) is 4.79 Å². The summed E-state index contributed by atoms with van der Waals surface area (Å²) in [7, 11) is 0. The smallest absolute Gasteiger partial charge is 0.245 e. The van der Waals surface area contributed by atoms with Crippen LogP contribution in [-0.4, -0.2) is 38.8 Å². The molecule has 3 heterocycles. The van der Waals surface area contributed by atoms with Crippen LogP contribution < -0.4 is 5.32 Å². The Kier molecular flexibility index (Phi) is 4.45. The van der Waals surface area contributed by atoms with E-state index in [2.05, 4.69) is 26.8 Å². The summed E-state index contributed by atoms with van der Waals surface area (Å²) in [5, 5.41) is 4.11. The van der Waals surface area contributed by atoms with Crippen LogP contribution in [0.2, 0.25) is 5.02 Å². The second-order valence-corrected chi connectivity index (χ2v) is 6.68. The second kappa shape index (κ2) is 6.92. The van der Waals surface area contributed by atoms with Crippen LogP contribution in [0, 0.1) is 5.82 Å². The van der Waals surface area contributed by atoms with Gasteiger partial charge in [0.05, 0.1) is 17.4 Å². The maximum Gasteiger partial charge on any atom is 0.245 e. The molecule has 136 valence electrons. The van der Waals surface area contributed by atoms with Crippen molar-refractivity contribution >= 4 is 39.9 Å². The van der Waals surface area contributed by atoms with Crippen molar-refractivity contribution < 1.29 is 9.18 Å². The molecule has 0 bridgehead atoms. The van der Waals surface area contributed by atoms with Gasteiger partial charge in [0.2, 0.25) is 5.91 Å². The van der Waals surface area contributed by atoms with Crippen LogP contribution in [0.3, 0.4) is 0 Å². The van der Waals surface area contributed by atoms with Gasteiger partial charge in [-0.15, -0.1) is 0 Å². The summed E-state index contributed by atoms with van der Waals surface area (Å²) in [6, 6.07) is 6.15. The third-order valence-corrected chi connectivity index (χ3v) is 4.75. The molecular weight excluding hydrogens is 369 g/mol. The fourth-order valence-electron chi connectivity index (χ4n) is 2.99. The molecule has 0 atom stereocenters. The van der Waals surface area contributed by atoms with Crippen LogP contribution >= 0.6 is 11.6 Å². The molecular formula is C19H15ClFN5O. The summed E-state index contributed by atoms with van der Waals surface area (Å²) in [5.74, 6) is 0.0737. The predicted octanol–water partition coefficient (Wildman–Crippen LogP) is 3.67. The van der Waals surface area contributed by atoms with Crippen molar-refractivity contribution in [3.05, 3.63) is 66.0 Å². The number of likely N-dealkylation sites (tertiary alicyclic amines) is 1. The Morgan fingerprint density at radius 1 is 1.30 bits per heavy atom. The summed E-state index contributed by atoms with van der Waals surface area (Å²) in [6.45, 7) is 4.67. The second-order valence-electron chi connectivity index (χ2n) is 6.24. The van der Waals surface area contributed by atoms with Gasteiger partial charge in [-0.1, -0.05) is 18.2 Å². The number of halogens is 2. The number of aromatic nitrogens is 3. The molecule has 8 heteroatoms. The van der Waals surface area contributed by atoms with E-state index in [1.165, 1.54) is 30.6 Å². The number of benzene rings is 1. The molecule has 0 aliphatic carbocycles. The van der Waals surface area contributed by atoms with Crippen LogP contribution in [0.5, 0.6) is 0 Å². The van der Waals surface area contributed by atoms with E-state index >= 15 is 0 Å². The molecule has 0 spiro atoms. The number of carbonyl (C=O) groups excluding carboxylic acids is 1. The molecule has 1 N–H and O–H groups in total. The van der Waals surface area contributed by atoms with Gasteiger partial charge in [0.15, 0.2) is 0 Å². The predicted molar refractivity (Wildman–Crippen MR) is 102 cm³/mol. The molecule has 0 unspecified atom stereocenters. The highest BCUT2D eigenvalue weighted by Crippen LogP contribution is 2.31. The number of fused-ring (bicyclic) bond motifs is 1. The van der Waals surface area contributed by atoms with E-state index in [0.717, 1.165) is 11.1 Å². The number of hydrogen-bond donors (Lipinski definition) is 1. The van der Waals surface area contributed by atoms with Crippen LogP contribution in [0.1, 0.15) is 11.6 Å². The Labute approximate surface area is 159 Å². The van der Waals surface area contributed by atoms with Gasteiger partial charge in [0, 0.05) is 35.1 Å². The standard InChI is InChI=1S/C19H15ClFN5O/c1-2-18(27)26-8-11(9-26)15-6-13-17(7-22-15)23-10-24-19(13)25-16-5-12(20)3-4-14(16)21/h2-7,10-11H,1,8-9H2,(H,23,24,25). The highest BCUT2D eigenvalue weighted by atomic mass is 35.5. The van der Waals surface area contributed by atoms with E-state index < -0.39 is 5.82 Å². The minimum atomic E-state index is -0.432. The number of pyridine rings is 1. The highest BCUT2D eigenvalue weighted by molar-refractivity contribution is 6.30. The Morgan fingerprint density at radius 2 is 2.11 bits per heavy atom. The largest absolute Gasteiger partial charge is 0.338 e. The van der Waals surface area contributed by atoms with Crippen molar-refractivity contribution in [2.24, 2.45) is 0 Å². The molecule has 1 fully saturated rings. The first-order chi connectivity index (χ1) is 13.0. The first kappa shape index (κ1) is 17.4. The zero-order valence-electron chi connectivity index (χ0n) is 14.2. The lowest BCUT2D eigenvalue weighted by molar-refractivity contribution is -0.130. The zero-order chi connectivity index (χ0) is 19.0. The van der Waals surface area contributed by atoms with Gasteiger partial charge in [0.25, 0.3) is 0 Å². The SMILES string of the molecule is C=CC(=O)N1CC(c2cc3c(Nc4cc(Cl)ccc4F)ncnc3cn2)C1. The minimum absolute atomic E-state index is 0.0887. The molecule has 1 saturated heterocycles. The third kappa shape index (κ3) is 3.33. The van der Waals surface area contributed by atoms with Crippen LogP contribution in [0.4, 0.5) is 15.9 Å². The lowest BCUT2D eigenvalue weighted by Gasteiger charge is -2.38. The lowest BCUT2D eigenvalue weighted by atomic mass is 9.95. The van der Waals surface area contributed by atoms with Crippen molar-refractivity contribution in [3.63, 3.8) is 0 Å². The summed E-state index contributed by atoms with van der Waals surface area (Å²) in [5.41, 5.74) is 1.70. The van der Waals surface area contributed by atoms with Gasteiger partial charge >= 0.3 is 0 Å². The number of hydrogen-bond acceptors (Lipinski definition) is 5. The van der Waals surface area contributed by atoms with Gasteiger partial charge in [-0.2, -0.15) is 0 Å².